The summed E-state index contributed by atoms with van der Waals surface area (Å²) >= 11 is 5.97. The Kier molecular flexibility index (Phi) is 7.61. The quantitative estimate of drug-likeness (QED) is 0.486. The molecular formula is C23H23ClN2O5S. The van der Waals surface area contributed by atoms with Gasteiger partial charge in [-0.05, 0) is 60.5 Å². The molecule has 0 radical (unpaired) electrons. The molecule has 2 N–H and O–H groups in total. The summed E-state index contributed by atoms with van der Waals surface area (Å²) in [6.45, 7) is 0.403. The van der Waals surface area contributed by atoms with Gasteiger partial charge in [0.15, 0.2) is 0 Å². The number of nitrogens with one attached hydrogen (secondary N) is 2. The number of amides is 1. The molecule has 0 saturated carbocycles. The first kappa shape index (κ1) is 23.4. The Hall–Kier alpha value is -3.23. The zero-order chi connectivity index (χ0) is 23.1. The van der Waals surface area contributed by atoms with Crippen molar-refractivity contribution in [1.82, 2.24) is 5.32 Å². The van der Waals surface area contributed by atoms with Gasteiger partial charge in [-0.2, -0.15) is 0 Å². The maximum absolute atomic E-state index is 12.9. The number of carbonyl (C=O) groups excluding carboxylic acids is 1. The Morgan fingerprint density at radius 3 is 2.41 bits per heavy atom. The van der Waals surface area contributed by atoms with Crippen LogP contribution in [-0.2, 0) is 16.4 Å². The fourth-order valence-electron chi connectivity index (χ4n) is 2.98. The van der Waals surface area contributed by atoms with E-state index in [0.29, 0.717) is 23.7 Å². The van der Waals surface area contributed by atoms with Crippen LogP contribution in [0.4, 0.5) is 5.69 Å². The molecular weight excluding hydrogens is 452 g/mol. The van der Waals surface area contributed by atoms with Crippen molar-refractivity contribution >= 4 is 33.2 Å². The van der Waals surface area contributed by atoms with E-state index in [9.17, 15) is 13.2 Å². The second-order valence-corrected chi connectivity index (χ2v) is 8.95. The summed E-state index contributed by atoms with van der Waals surface area (Å²) in [6, 6.07) is 18.0. The molecule has 0 fully saturated rings. The van der Waals surface area contributed by atoms with Crippen LogP contribution in [0.1, 0.15) is 15.9 Å². The predicted octanol–water partition coefficient (Wildman–Crippen LogP) is 4.13. The van der Waals surface area contributed by atoms with Gasteiger partial charge in [0.05, 0.1) is 24.8 Å². The Morgan fingerprint density at radius 2 is 1.72 bits per heavy atom. The van der Waals surface area contributed by atoms with Crippen LogP contribution < -0.4 is 19.5 Å². The maximum atomic E-state index is 12.9. The summed E-state index contributed by atoms with van der Waals surface area (Å²) < 4.78 is 38.5. The first-order chi connectivity index (χ1) is 15.3. The fraction of sp³-hybridized carbons (Fsp3) is 0.174. The molecule has 3 aromatic carbocycles. The number of halogens is 1. The van der Waals surface area contributed by atoms with Crippen molar-refractivity contribution in [2.75, 3.05) is 25.5 Å². The van der Waals surface area contributed by atoms with Crippen LogP contribution >= 0.6 is 11.6 Å². The first-order valence-corrected chi connectivity index (χ1v) is 11.6. The lowest BCUT2D eigenvalue weighted by Crippen LogP contribution is -2.26. The van der Waals surface area contributed by atoms with Gasteiger partial charge in [0, 0.05) is 17.1 Å². The average Bonchev–Trinajstić information content (AvgIpc) is 2.79. The van der Waals surface area contributed by atoms with Crippen molar-refractivity contribution < 1.29 is 22.7 Å². The van der Waals surface area contributed by atoms with Crippen molar-refractivity contribution in [2.24, 2.45) is 0 Å². The minimum Gasteiger partial charge on any atom is -0.497 e. The van der Waals surface area contributed by atoms with E-state index in [1.54, 1.807) is 25.3 Å². The molecule has 0 saturated heterocycles. The molecule has 3 rings (SSSR count). The Bertz CT molecular complexity index is 1200. The number of ether oxygens (including phenoxy) is 2. The zero-order valence-electron chi connectivity index (χ0n) is 17.6. The van der Waals surface area contributed by atoms with Gasteiger partial charge in [-0.15, -0.1) is 0 Å². The van der Waals surface area contributed by atoms with Gasteiger partial charge < -0.3 is 14.8 Å². The molecule has 0 aliphatic heterocycles. The number of rotatable bonds is 9. The number of hydrogen-bond donors (Lipinski definition) is 2. The van der Waals surface area contributed by atoms with E-state index >= 15 is 0 Å². The molecule has 1 amide bonds. The second kappa shape index (κ2) is 10.4. The molecule has 0 aliphatic rings. The monoisotopic (exact) mass is 474 g/mol. The molecule has 9 heteroatoms. The lowest BCUT2D eigenvalue weighted by molar-refractivity contribution is 0.0954. The maximum Gasteiger partial charge on any atom is 0.262 e. The lowest BCUT2D eigenvalue weighted by atomic mass is 10.1. The zero-order valence-corrected chi connectivity index (χ0v) is 19.2. The molecule has 0 atom stereocenters. The topological polar surface area (TPSA) is 93.7 Å². The third kappa shape index (κ3) is 5.93. The number of methoxy groups -OCH3 is 2. The van der Waals surface area contributed by atoms with Crippen molar-refractivity contribution in [3.05, 3.63) is 82.9 Å². The lowest BCUT2D eigenvalue weighted by Gasteiger charge is -2.13. The highest BCUT2D eigenvalue weighted by Crippen LogP contribution is 2.30. The summed E-state index contributed by atoms with van der Waals surface area (Å²) in [5.74, 6) is 0.723. The summed E-state index contributed by atoms with van der Waals surface area (Å²) in [7, 11) is -0.939. The molecule has 0 bridgehead atoms. The number of carbonyl (C=O) groups is 1. The van der Waals surface area contributed by atoms with Crippen molar-refractivity contribution in [3.8, 4) is 11.5 Å². The Balaban J connectivity index is 1.68. The highest BCUT2D eigenvalue weighted by molar-refractivity contribution is 7.92. The van der Waals surface area contributed by atoms with Gasteiger partial charge in [0.1, 0.15) is 11.5 Å². The number of hydrogen-bond acceptors (Lipinski definition) is 5. The van der Waals surface area contributed by atoms with Crippen molar-refractivity contribution in [3.63, 3.8) is 0 Å². The first-order valence-electron chi connectivity index (χ1n) is 9.70. The standard InChI is InChI=1S/C23H23ClN2O5S/c1-30-19-9-6-16(7-10-19)12-13-25-23(27)17-4-3-5-20(14-17)32(28,29)26-21-15-18(24)8-11-22(21)31-2/h3-11,14-15,26H,12-13H2,1-2H3,(H,25,27). The molecule has 0 spiro atoms. The largest absolute Gasteiger partial charge is 0.497 e. The van der Waals surface area contributed by atoms with Crippen molar-refractivity contribution in [1.29, 1.82) is 0 Å². The predicted molar refractivity (Wildman–Crippen MR) is 124 cm³/mol. The highest BCUT2D eigenvalue weighted by Gasteiger charge is 2.18. The van der Waals surface area contributed by atoms with Gasteiger partial charge in [0.25, 0.3) is 15.9 Å². The second-order valence-electron chi connectivity index (χ2n) is 6.83. The minimum atomic E-state index is -3.97. The smallest absolute Gasteiger partial charge is 0.262 e. The van der Waals surface area contributed by atoms with Crippen LogP contribution in [0.3, 0.4) is 0 Å². The van der Waals surface area contributed by atoms with Crippen LogP contribution in [0.25, 0.3) is 0 Å². The van der Waals surface area contributed by atoms with Crippen LogP contribution in [0, 0.1) is 0 Å². The third-order valence-electron chi connectivity index (χ3n) is 4.67. The Labute approximate surface area is 192 Å². The van der Waals surface area contributed by atoms with E-state index in [2.05, 4.69) is 10.0 Å². The van der Waals surface area contributed by atoms with E-state index in [1.807, 2.05) is 24.3 Å². The van der Waals surface area contributed by atoms with Crippen LogP contribution in [-0.4, -0.2) is 35.1 Å². The number of anilines is 1. The van der Waals surface area contributed by atoms with Gasteiger partial charge in [-0.25, -0.2) is 8.42 Å². The average molecular weight is 475 g/mol. The minimum absolute atomic E-state index is 0.0534. The van der Waals surface area contributed by atoms with Gasteiger partial charge in [-0.3, -0.25) is 9.52 Å². The third-order valence-corrected chi connectivity index (χ3v) is 6.27. The molecule has 0 aromatic heterocycles. The van der Waals surface area contributed by atoms with Crippen LogP contribution in [0.5, 0.6) is 11.5 Å². The molecule has 32 heavy (non-hydrogen) atoms. The summed E-state index contributed by atoms with van der Waals surface area (Å²) in [5, 5.41) is 3.16. The normalized spacial score (nSPS) is 11.0. The summed E-state index contributed by atoms with van der Waals surface area (Å²) in [6.07, 6.45) is 0.629. The molecule has 0 aliphatic carbocycles. The van der Waals surface area contributed by atoms with E-state index in [0.717, 1.165) is 11.3 Å². The molecule has 0 unspecified atom stereocenters. The number of sulfonamides is 1. The van der Waals surface area contributed by atoms with Crippen LogP contribution in [0.2, 0.25) is 5.02 Å². The van der Waals surface area contributed by atoms with E-state index in [1.165, 1.54) is 31.4 Å². The van der Waals surface area contributed by atoms with Gasteiger partial charge in [0.2, 0.25) is 0 Å². The summed E-state index contributed by atoms with van der Waals surface area (Å²) in [4.78, 5) is 12.5. The molecule has 168 valence electrons. The molecule has 7 nitrogen and oxygen atoms in total. The summed E-state index contributed by atoms with van der Waals surface area (Å²) in [5.41, 5.74) is 1.48. The SMILES string of the molecule is COc1ccc(CCNC(=O)c2cccc(S(=O)(=O)Nc3cc(Cl)ccc3OC)c2)cc1. The highest BCUT2D eigenvalue weighted by atomic mass is 35.5. The van der Waals surface area contributed by atoms with E-state index < -0.39 is 10.0 Å². The van der Waals surface area contributed by atoms with Crippen LogP contribution in [0.15, 0.2) is 71.6 Å². The number of benzene rings is 3. The van der Waals surface area contributed by atoms with E-state index in [4.69, 9.17) is 21.1 Å². The van der Waals surface area contributed by atoms with Gasteiger partial charge in [-0.1, -0.05) is 29.8 Å². The molecule has 3 aromatic rings. The van der Waals surface area contributed by atoms with Crippen molar-refractivity contribution in [2.45, 2.75) is 11.3 Å². The van der Waals surface area contributed by atoms with E-state index in [-0.39, 0.29) is 22.1 Å². The Morgan fingerprint density at radius 1 is 0.969 bits per heavy atom. The fourth-order valence-corrected chi connectivity index (χ4v) is 4.26. The molecule has 0 heterocycles. The van der Waals surface area contributed by atoms with Gasteiger partial charge >= 0.3 is 0 Å².